The SMILES string of the molecule is CCO[C@]12C[C@H](OC)[C@H]3C[C@H]([C@@H]1[C@H]3OC(C)=O)[C@@]13C4[C@@H]2C[C@@H]1[C@@](COC)(CC[C@@H]3OC)CN4CC. The topological polar surface area (TPSA) is 66.5 Å². The number of ether oxygens (including phenoxy) is 5. The van der Waals surface area contributed by atoms with Gasteiger partial charge in [0.25, 0.3) is 0 Å². The minimum atomic E-state index is -0.338. The van der Waals surface area contributed by atoms with E-state index in [-0.39, 0.29) is 52.5 Å². The van der Waals surface area contributed by atoms with E-state index in [2.05, 4.69) is 18.7 Å². The highest BCUT2D eigenvalue weighted by Gasteiger charge is 2.84. The lowest BCUT2D eigenvalue weighted by molar-refractivity contribution is -0.286. The largest absolute Gasteiger partial charge is 0.462 e. The third-order valence-electron chi connectivity index (χ3n) is 11.8. The second-order valence-electron chi connectivity index (χ2n) is 12.4. The number of hydrogen-bond acceptors (Lipinski definition) is 7. The van der Waals surface area contributed by atoms with E-state index in [1.165, 1.54) is 0 Å². The molecule has 0 N–H and O–H groups in total. The van der Waals surface area contributed by atoms with Gasteiger partial charge in [0.15, 0.2) is 0 Å². The predicted molar refractivity (Wildman–Crippen MR) is 130 cm³/mol. The maximum absolute atomic E-state index is 12.4. The number of likely N-dealkylation sites (tertiary alicyclic amines) is 1. The summed E-state index contributed by atoms with van der Waals surface area (Å²) < 4.78 is 31.8. The molecule has 1 aliphatic heterocycles. The Hall–Kier alpha value is -0.730. The molecule has 6 aliphatic rings. The van der Waals surface area contributed by atoms with Gasteiger partial charge in [-0.05, 0) is 51.0 Å². The van der Waals surface area contributed by atoms with E-state index in [4.69, 9.17) is 23.7 Å². The number of carbonyl (C=O) groups is 1. The van der Waals surface area contributed by atoms with Gasteiger partial charge in [-0.2, -0.15) is 0 Å². The fraction of sp³-hybridized carbons (Fsp3) is 0.964. The molecule has 7 bridgehead atoms. The van der Waals surface area contributed by atoms with Crippen LogP contribution in [0.15, 0.2) is 0 Å². The van der Waals surface area contributed by atoms with Crippen molar-refractivity contribution in [3.05, 3.63) is 0 Å². The summed E-state index contributed by atoms with van der Waals surface area (Å²) in [6.07, 6.45) is 5.42. The van der Waals surface area contributed by atoms with Gasteiger partial charge in [-0.15, -0.1) is 0 Å². The lowest BCUT2D eigenvalue weighted by Crippen LogP contribution is -2.76. The quantitative estimate of drug-likeness (QED) is 0.483. The highest BCUT2D eigenvalue weighted by atomic mass is 16.6. The third-order valence-corrected chi connectivity index (χ3v) is 11.8. The normalized spacial score (nSPS) is 53.6. The van der Waals surface area contributed by atoms with Gasteiger partial charge in [0.1, 0.15) is 6.10 Å². The zero-order valence-electron chi connectivity index (χ0n) is 22.5. The van der Waals surface area contributed by atoms with E-state index >= 15 is 0 Å². The van der Waals surface area contributed by atoms with Crippen LogP contribution in [0.3, 0.4) is 0 Å². The van der Waals surface area contributed by atoms with Gasteiger partial charge < -0.3 is 23.7 Å². The van der Waals surface area contributed by atoms with E-state index in [0.717, 1.165) is 51.8 Å². The molecular formula is C28H45NO6. The summed E-state index contributed by atoms with van der Waals surface area (Å²) in [6, 6.07) is 0.424. The number of esters is 1. The van der Waals surface area contributed by atoms with Crippen LogP contribution < -0.4 is 0 Å². The zero-order chi connectivity index (χ0) is 24.8. The van der Waals surface area contributed by atoms with Crippen LogP contribution in [0.5, 0.6) is 0 Å². The van der Waals surface area contributed by atoms with Crippen LogP contribution in [0.25, 0.3) is 0 Å². The van der Waals surface area contributed by atoms with Gasteiger partial charge >= 0.3 is 5.97 Å². The molecule has 35 heavy (non-hydrogen) atoms. The maximum atomic E-state index is 12.4. The van der Waals surface area contributed by atoms with Crippen LogP contribution in [0.2, 0.25) is 0 Å². The first-order valence-electron chi connectivity index (χ1n) is 14.0. The Bertz CT molecular complexity index is 853. The molecule has 1 spiro atoms. The number of carbonyl (C=O) groups excluding carboxylic acids is 1. The van der Waals surface area contributed by atoms with Crippen LogP contribution in [0.1, 0.15) is 52.9 Å². The highest BCUT2D eigenvalue weighted by molar-refractivity contribution is 5.66. The average Bonchev–Trinajstić information content (AvgIpc) is 3.26. The Morgan fingerprint density at radius 1 is 1.09 bits per heavy atom. The van der Waals surface area contributed by atoms with E-state index in [0.29, 0.717) is 30.4 Å². The molecule has 12 atom stereocenters. The van der Waals surface area contributed by atoms with Gasteiger partial charge in [-0.1, -0.05) is 6.92 Å². The van der Waals surface area contributed by atoms with Crippen LogP contribution in [-0.4, -0.2) is 88.5 Å². The summed E-state index contributed by atoms with van der Waals surface area (Å²) in [5, 5.41) is 0. The molecule has 0 aromatic rings. The number of nitrogens with zero attached hydrogens (tertiary/aromatic N) is 1. The molecule has 7 nitrogen and oxygen atoms in total. The maximum Gasteiger partial charge on any atom is 0.302 e. The van der Waals surface area contributed by atoms with Gasteiger partial charge in [-0.25, -0.2) is 0 Å². The Labute approximate surface area is 210 Å². The smallest absolute Gasteiger partial charge is 0.302 e. The van der Waals surface area contributed by atoms with Crippen LogP contribution in [-0.2, 0) is 28.5 Å². The minimum Gasteiger partial charge on any atom is -0.462 e. The molecule has 1 saturated heterocycles. The highest BCUT2D eigenvalue weighted by Crippen LogP contribution is 2.79. The van der Waals surface area contributed by atoms with Crippen molar-refractivity contribution in [3.63, 3.8) is 0 Å². The standard InChI is InChI=1S/C28H45NO6/c1-7-29-14-26(15-31-4)10-9-22(33-6)28-18-11-17-20(32-5)13-27(34-8-2,19(25(28)29)12-21(26)28)23(18)24(17)35-16(3)30/h17-25H,7-15H2,1-6H3/t17-,18-,19+,20+,21-,22+,23-,24+,25?,26+,27+,28-/m1/s1. The second-order valence-corrected chi connectivity index (χ2v) is 12.4. The second kappa shape index (κ2) is 8.39. The van der Waals surface area contributed by atoms with E-state index in [9.17, 15) is 4.79 Å². The average molecular weight is 492 g/mol. The fourth-order valence-electron chi connectivity index (χ4n) is 11.5. The van der Waals surface area contributed by atoms with Crippen molar-refractivity contribution in [2.45, 2.75) is 82.8 Å². The monoisotopic (exact) mass is 491 g/mol. The van der Waals surface area contributed by atoms with E-state index in [1.54, 1.807) is 6.92 Å². The number of hydrogen-bond donors (Lipinski definition) is 0. The molecular weight excluding hydrogens is 446 g/mol. The van der Waals surface area contributed by atoms with Crippen LogP contribution in [0, 0.1) is 40.4 Å². The minimum absolute atomic E-state index is 0.0332. The summed E-state index contributed by atoms with van der Waals surface area (Å²) in [5.74, 6) is 1.52. The third kappa shape index (κ3) is 2.83. The number of piperidine rings is 1. The lowest BCUT2D eigenvalue weighted by atomic mass is 9.43. The number of methoxy groups -OCH3 is 3. The predicted octanol–water partition coefficient (Wildman–Crippen LogP) is 3.15. The number of rotatable bonds is 8. The molecule has 5 aliphatic carbocycles. The Morgan fingerprint density at radius 3 is 2.51 bits per heavy atom. The first-order valence-corrected chi connectivity index (χ1v) is 14.0. The Balaban J connectivity index is 1.59. The van der Waals surface area contributed by atoms with Gasteiger partial charge in [0.2, 0.25) is 0 Å². The molecule has 198 valence electrons. The Morgan fingerprint density at radius 2 is 1.89 bits per heavy atom. The first-order chi connectivity index (χ1) is 16.9. The van der Waals surface area contributed by atoms with Crippen molar-refractivity contribution in [2.24, 2.45) is 40.4 Å². The summed E-state index contributed by atoms with van der Waals surface area (Å²) >= 11 is 0. The first kappa shape index (κ1) is 24.6. The molecule has 5 saturated carbocycles. The summed E-state index contributed by atoms with van der Waals surface area (Å²) in [4.78, 5) is 15.2. The fourth-order valence-corrected chi connectivity index (χ4v) is 11.5. The summed E-state index contributed by atoms with van der Waals surface area (Å²) in [7, 11) is 5.62. The summed E-state index contributed by atoms with van der Waals surface area (Å²) in [6.45, 7) is 9.61. The van der Waals surface area contributed by atoms with Crippen molar-refractivity contribution in [1.82, 2.24) is 4.90 Å². The van der Waals surface area contributed by atoms with Crippen molar-refractivity contribution >= 4 is 5.97 Å². The lowest BCUT2D eigenvalue weighted by Gasteiger charge is -2.70. The molecule has 6 fully saturated rings. The van der Waals surface area contributed by atoms with Crippen molar-refractivity contribution in [1.29, 1.82) is 0 Å². The van der Waals surface area contributed by atoms with Crippen LogP contribution in [0.4, 0.5) is 0 Å². The van der Waals surface area contributed by atoms with Crippen molar-refractivity contribution in [2.75, 3.05) is 47.6 Å². The van der Waals surface area contributed by atoms with Crippen molar-refractivity contribution in [3.8, 4) is 0 Å². The van der Waals surface area contributed by atoms with Crippen molar-refractivity contribution < 1.29 is 28.5 Å². The molecule has 0 radical (unpaired) electrons. The molecule has 6 rings (SSSR count). The molecule has 1 unspecified atom stereocenters. The zero-order valence-corrected chi connectivity index (χ0v) is 22.5. The Kier molecular flexibility index (Phi) is 5.89. The number of fused-ring (bicyclic) bond motifs is 2. The molecule has 0 aromatic carbocycles. The molecule has 1 heterocycles. The van der Waals surface area contributed by atoms with E-state index in [1.807, 2.05) is 21.3 Å². The molecule has 0 amide bonds. The summed E-state index contributed by atoms with van der Waals surface area (Å²) in [5.41, 5.74) is -0.159. The van der Waals surface area contributed by atoms with Crippen LogP contribution >= 0.6 is 0 Å². The van der Waals surface area contributed by atoms with Gasteiger partial charge in [-0.3, -0.25) is 9.69 Å². The molecule has 0 aromatic heterocycles. The van der Waals surface area contributed by atoms with Gasteiger partial charge in [0.05, 0.1) is 24.4 Å². The molecule has 7 heteroatoms. The van der Waals surface area contributed by atoms with Gasteiger partial charge in [0, 0.05) is 82.5 Å². The van der Waals surface area contributed by atoms with E-state index < -0.39 is 0 Å².